The van der Waals surface area contributed by atoms with Crippen LogP contribution in [0.1, 0.15) is 35.2 Å². The highest BCUT2D eigenvalue weighted by Gasteiger charge is 2.35. The molecule has 0 fully saturated rings. The second-order valence-electron chi connectivity index (χ2n) is 4.50. The van der Waals surface area contributed by atoms with Gasteiger partial charge in [0.15, 0.2) is 0 Å². The van der Waals surface area contributed by atoms with E-state index in [9.17, 15) is 22.8 Å². The molecule has 0 spiro atoms. The number of hydrogen-bond donors (Lipinski definition) is 2. The second kappa shape index (κ2) is 7.50. The predicted molar refractivity (Wildman–Crippen MR) is 73.0 cm³/mol. The summed E-state index contributed by atoms with van der Waals surface area (Å²) in [5, 5.41) is 11.1. The average molecular weight is 313 g/mol. The molecule has 118 valence electrons. The van der Waals surface area contributed by atoms with Crippen LogP contribution in [-0.4, -0.2) is 23.0 Å². The van der Waals surface area contributed by atoms with E-state index in [-0.39, 0.29) is 6.42 Å². The van der Waals surface area contributed by atoms with Crippen molar-refractivity contribution in [3.05, 3.63) is 35.4 Å². The first kappa shape index (κ1) is 17.6. The molecule has 1 rings (SSSR count). The molecule has 2 N–H and O–H groups in total. The van der Waals surface area contributed by atoms with Crippen molar-refractivity contribution in [2.45, 2.75) is 31.5 Å². The molecule has 4 nitrogen and oxygen atoms in total. The number of rotatable bonds is 6. The summed E-state index contributed by atoms with van der Waals surface area (Å²) in [6, 6.07) is 2.91. The lowest BCUT2D eigenvalue weighted by molar-refractivity contribution is -0.139. The Labute approximate surface area is 125 Å². The van der Waals surface area contributed by atoms with E-state index in [0.29, 0.717) is 12.8 Å². The van der Waals surface area contributed by atoms with Gasteiger partial charge in [0.05, 0.1) is 11.1 Å². The van der Waals surface area contributed by atoms with E-state index in [1.807, 2.05) is 0 Å². The van der Waals surface area contributed by atoms with E-state index in [0.717, 1.165) is 18.2 Å². The molecule has 1 aromatic carbocycles. The summed E-state index contributed by atoms with van der Waals surface area (Å²) in [5.74, 6) is -0.0850. The van der Waals surface area contributed by atoms with Crippen LogP contribution in [0.15, 0.2) is 24.3 Å². The lowest BCUT2D eigenvalue weighted by atomic mass is 10.0. The van der Waals surface area contributed by atoms with Gasteiger partial charge < -0.3 is 10.4 Å². The minimum atomic E-state index is -4.70. The van der Waals surface area contributed by atoms with Gasteiger partial charge in [0.2, 0.25) is 0 Å². The van der Waals surface area contributed by atoms with Crippen LogP contribution in [0, 0.1) is 12.3 Å². The van der Waals surface area contributed by atoms with Gasteiger partial charge in [-0.25, -0.2) is 4.79 Å². The number of halogens is 3. The topological polar surface area (TPSA) is 66.4 Å². The van der Waals surface area contributed by atoms with Crippen LogP contribution < -0.4 is 5.32 Å². The number of unbranched alkanes of at least 4 members (excludes halogenated alkanes) is 1. The second-order valence-corrected chi connectivity index (χ2v) is 4.50. The number of carboxylic acids is 1. The minimum Gasteiger partial charge on any atom is -0.480 e. The molecular formula is C15H14F3NO3. The first-order valence-electron chi connectivity index (χ1n) is 6.40. The van der Waals surface area contributed by atoms with Gasteiger partial charge in [0.1, 0.15) is 6.04 Å². The Hall–Kier alpha value is -2.49. The lowest BCUT2D eigenvalue weighted by Crippen LogP contribution is -2.41. The first-order chi connectivity index (χ1) is 10.3. The highest BCUT2D eigenvalue weighted by molar-refractivity contribution is 5.98. The summed E-state index contributed by atoms with van der Waals surface area (Å²) >= 11 is 0. The van der Waals surface area contributed by atoms with Crippen molar-refractivity contribution < 1.29 is 27.9 Å². The van der Waals surface area contributed by atoms with Crippen LogP contribution in [0.2, 0.25) is 0 Å². The molecule has 0 unspecified atom stereocenters. The normalized spacial score (nSPS) is 12.3. The van der Waals surface area contributed by atoms with Crippen molar-refractivity contribution in [3.63, 3.8) is 0 Å². The number of aliphatic carboxylic acids is 1. The van der Waals surface area contributed by atoms with Crippen molar-refractivity contribution in [2.24, 2.45) is 0 Å². The van der Waals surface area contributed by atoms with E-state index < -0.39 is 35.2 Å². The van der Waals surface area contributed by atoms with Crippen LogP contribution in [0.4, 0.5) is 13.2 Å². The Morgan fingerprint density at radius 3 is 2.50 bits per heavy atom. The lowest BCUT2D eigenvalue weighted by Gasteiger charge is -2.16. The Kier molecular flexibility index (Phi) is 5.99. The molecule has 0 heterocycles. The largest absolute Gasteiger partial charge is 0.480 e. The summed E-state index contributed by atoms with van der Waals surface area (Å²) in [6.45, 7) is 0. The number of benzene rings is 1. The first-order valence-corrected chi connectivity index (χ1v) is 6.40. The third-order valence-corrected chi connectivity index (χ3v) is 2.89. The number of carbonyl (C=O) groups is 2. The summed E-state index contributed by atoms with van der Waals surface area (Å²) < 4.78 is 38.5. The van der Waals surface area contributed by atoms with E-state index in [1.165, 1.54) is 6.07 Å². The van der Waals surface area contributed by atoms with Gasteiger partial charge in [-0.15, -0.1) is 12.3 Å². The molecule has 0 saturated carbocycles. The summed E-state index contributed by atoms with van der Waals surface area (Å²) in [7, 11) is 0. The van der Waals surface area contributed by atoms with Crippen molar-refractivity contribution in [3.8, 4) is 12.3 Å². The molecule has 0 radical (unpaired) electrons. The van der Waals surface area contributed by atoms with Gasteiger partial charge in [0.25, 0.3) is 5.91 Å². The third-order valence-electron chi connectivity index (χ3n) is 2.89. The van der Waals surface area contributed by atoms with Crippen molar-refractivity contribution in [2.75, 3.05) is 0 Å². The highest BCUT2D eigenvalue weighted by atomic mass is 19.4. The van der Waals surface area contributed by atoms with Crippen LogP contribution in [0.3, 0.4) is 0 Å². The number of amides is 1. The minimum absolute atomic E-state index is 0.0411. The maximum Gasteiger partial charge on any atom is 0.417 e. The standard InChI is InChI=1S/C15H14F3NO3/c1-2-3-4-9-12(14(21)22)19-13(20)10-7-5-6-8-11(10)15(16,17)18/h1,5-8,12H,3-4,9H2,(H,19,20)(H,21,22)/t12-/m0/s1. The number of hydrogen-bond acceptors (Lipinski definition) is 2. The third kappa shape index (κ3) is 4.81. The van der Waals surface area contributed by atoms with Gasteiger partial charge >= 0.3 is 12.1 Å². The molecule has 22 heavy (non-hydrogen) atoms. The number of carboxylic acid groups (broad SMARTS) is 1. The zero-order valence-electron chi connectivity index (χ0n) is 11.5. The smallest absolute Gasteiger partial charge is 0.417 e. The molecule has 7 heteroatoms. The molecule has 0 aliphatic heterocycles. The number of alkyl halides is 3. The molecular weight excluding hydrogens is 299 g/mol. The van der Waals surface area contributed by atoms with E-state index >= 15 is 0 Å². The number of nitrogens with one attached hydrogen (secondary N) is 1. The molecule has 0 saturated heterocycles. The maximum absolute atomic E-state index is 12.8. The number of terminal acetylenes is 1. The zero-order chi connectivity index (χ0) is 16.8. The summed E-state index contributed by atoms with van der Waals surface area (Å²) in [6.07, 6.45) is 1.04. The van der Waals surface area contributed by atoms with Gasteiger partial charge in [-0.05, 0) is 25.0 Å². The SMILES string of the molecule is C#CCCC[C@H](NC(=O)c1ccccc1C(F)(F)F)C(=O)O. The Balaban J connectivity index is 2.92. The zero-order valence-corrected chi connectivity index (χ0v) is 11.5. The van der Waals surface area contributed by atoms with Gasteiger partial charge in [-0.3, -0.25) is 4.79 Å². The maximum atomic E-state index is 12.8. The van der Waals surface area contributed by atoms with Crippen LogP contribution in [0.25, 0.3) is 0 Å². The molecule has 0 bridgehead atoms. The van der Waals surface area contributed by atoms with Crippen LogP contribution in [-0.2, 0) is 11.0 Å². The fraction of sp³-hybridized carbons (Fsp3) is 0.333. The molecule has 0 aromatic heterocycles. The van der Waals surface area contributed by atoms with Crippen molar-refractivity contribution in [1.82, 2.24) is 5.32 Å². The Morgan fingerprint density at radius 1 is 1.32 bits per heavy atom. The van der Waals surface area contributed by atoms with Crippen LogP contribution >= 0.6 is 0 Å². The van der Waals surface area contributed by atoms with Crippen LogP contribution in [0.5, 0.6) is 0 Å². The van der Waals surface area contributed by atoms with E-state index in [1.54, 1.807) is 0 Å². The molecule has 1 amide bonds. The molecule has 1 aromatic rings. The van der Waals surface area contributed by atoms with Gasteiger partial charge in [0, 0.05) is 6.42 Å². The fourth-order valence-electron chi connectivity index (χ4n) is 1.83. The summed E-state index contributed by atoms with van der Waals surface area (Å²) in [4.78, 5) is 23.0. The molecule has 0 aliphatic rings. The molecule has 1 atom stereocenters. The van der Waals surface area contributed by atoms with Gasteiger partial charge in [-0.1, -0.05) is 12.1 Å². The van der Waals surface area contributed by atoms with Gasteiger partial charge in [-0.2, -0.15) is 13.2 Å². The fourth-order valence-corrected chi connectivity index (χ4v) is 1.83. The van der Waals surface area contributed by atoms with E-state index in [2.05, 4.69) is 11.2 Å². The summed E-state index contributed by atoms with van der Waals surface area (Å²) in [5.41, 5.74) is -1.72. The highest BCUT2D eigenvalue weighted by Crippen LogP contribution is 2.31. The Morgan fingerprint density at radius 2 is 1.95 bits per heavy atom. The molecule has 0 aliphatic carbocycles. The Bertz CT molecular complexity index is 590. The number of carbonyl (C=O) groups excluding carboxylic acids is 1. The van der Waals surface area contributed by atoms with E-state index in [4.69, 9.17) is 11.5 Å². The monoisotopic (exact) mass is 313 g/mol. The van der Waals surface area contributed by atoms with Crippen molar-refractivity contribution >= 4 is 11.9 Å². The average Bonchev–Trinajstić information content (AvgIpc) is 2.45. The van der Waals surface area contributed by atoms with Crippen molar-refractivity contribution in [1.29, 1.82) is 0 Å². The quantitative estimate of drug-likeness (QED) is 0.627. The predicted octanol–water partition coefficient (Wildman–Crippen LogP) is 2.69.